The molecule has 0 heterocycles. The van der Waals surface area contributed by atoms with Gasteiger partial charge in [0.2, 0.25) is 0 Å². The first-order valence-corrected chi connectivity index (χ1v) is 10.7. The van der Waals surface area contributed by atoms with Gasteiger partial charge >= 0.3 is 0 Å². The highest BCUT2D eigenvalue weighted by Crippen LogP contribution is 2.28. The number of carbonyl (C=O) groups is 2. The lowest BCUT2D eigenvalue weighted by Gasteiger charge is -2.17. The third-order valence-corrected chi connectivity index (χ3v) is 4.90. The van der Waals surface area contributed by atoms with Crippen LogP contribution in [0.3, 0.4) is 0 Å². The summed E-state index contributed by atoms with van der Waals surface area (Å²) in [6.45, 7) is 3.30. The number of methoxy groups -OCH3 is 2. The van der Waals surface area contributed by atoms with E-state index in [0.717, 1.165) is 0 Å². The number of para-hydroxylation sites is 4. The third kappa shape index (κ3) is 6.41. The van der Waals surface area contributed by atoms with E-state index in [-0.39, 0.29) is 11.8 Å². The first kappa shape index (κ1) is 24.4. The molecular weight excluding hydrogens is 436 g/mol. The zero-order chi connectivity index (χ0) is 24.5. The number of anilines is 2. The topological polar surface area (TPSA) is 95.1 Å². The molecule has 2 unspecified atom stereocenters. The van der Waals surface area contributed by atoms with Gasteiger partial charge in [0.15, 0.2) is 35.2 Å². The van der Waals surface area contributed by atoms with Crippen molar-refractivity contribution in [1.82, 2.24) is 0 Å². The molecule has 3 aromatic carbocycles. The minimum atomic E-state index is -0.747. The summed E-state index contributed by atoms with van der Waals surface area (Å²) in [5.74, 6) is 1.42. The van der Waals surface area contributed by atoms with E-state index in [1.165, 1.54) is 0 Å². The van der Waals surface area contributed by atoms with Crippen LogP contribution >= 0.6 is 0 Å². The van der Waals surface area contributed by atoms with Gasteiger partial charge in [-0.3, -0.25) is 9.59 Å². The van der Waals surface area contributed by atoms with Crippen LogP contribution in [0.15, 0.2) is 72.8 Å². The lowest BCUT2D eigenvalue weighted by atomic mass is 10.2. The first-order chi connectivity index (χ1) is 16.4. The SMILES string of the molecule is COc1ccccc1OC(C)C(=O)Nc1ccc(NC(=O)C(C)Oc2ccccc2OC)cc1. The number of hydrogen-bond acceptors (Lipinski definition) is 6. The molecule has 3 aromatic rings. The zero-order valence-electron chi connectivity index (χ0n) is 19.5. The van der Waals surface area contributed by atoms with Crippen molar-refractivity contribution in [2.75, 3.05) is 24.9 Å². The van der Waals surface area contributed by atoms with Gasteiger partial charge in [-0.2, -0.15) is 0 Å². The molecule has 34 heavy (non-hydrogen) atoms. The molecule has 2 atom stereocenters. The summed E-state index contributed by atoms with van der Waals surface area (Å²) in [5, 5.41) is 5.58. The molecule has 2 N–H and O–H groups in total. The average Bonchev–Trinajstić information content (AvgIpc) is 2.85. The van der Waals surface area contributed by atoms with Gasteiger partial charge in [-0.05, 0) is 62.4 Å². The van der Waals surface area contributed by atoms with E-state index in [1.807, 2.05) is 12.1 Å². The standard InChI is InChI=1S/C26H28N2O6/c1-17(33-23-11-7-5-9-21(23)31-3)25(29)27-19-13-15-20(16-14-19)28-26(30)18(2)34-24-12-8-6-10-22(24)32-4/h5-18H,1-4H3,(H,27,29)(H,28,30). The minimum Gasteiger partial charge on any atom is -0.493 e. The molecule has 0 bridgehead atoms. The quantitative estimate of drug-likeness (QED) is 0.458. The Hall–Kier alpha value is -4.20. The number of benzene rings is 3. The van der Waals surface area contributed by atoms with Gasteiger partial charge in [0.05, 0.1) is 14.2 Å². The molecule has 0 saturated heterocycles. The van der Waals surface area contributed by atoms with Crippen LogP contribution in [-0.4, -0.2) is 38.2 Å². The molecule has 178 valence electrons. The molecule has 0 aliphatic heterocycles. The summed E-state index contributed by atoms with van der Waals surface area (Å²) in [5.41, 5.74) is 1.13. The molecule has 8 nitrogen and oxygen atoms in total. The van der Waals surface area contributed by atoms with E-state index in [4.69, 9.17) is 18.9 Å². The predicted octanol–water partition coefficient (Wildman–Crippen LogP) is 4.52. The van der Waals surface area contributed by atoms with Crippen molar-refractivity contribution in [1.29, 1.82) is 0 Å². The first-order valence-electron chi connectivity index (χ1n) is 10.7. The second-order valence-electron chi connectivity index (χ2n) is 7.38. The van der Waals surface area contributed by atoms with Crippen LogP contribution < -0.4 is 29.6 Å². The van der Waals surface area contributed by atoms with Crippen LogP contribution in [0.2, 0.25) is 0 Å². The summed E-state index contributed by atoms with van der Waals surface area (Å²) in [6.07, 6.45) is -1.49. The Morgan fingerprint density at radius 1 is 0.588 bits per heavy atom. The maximum atomic E-state index is 12.5. The number of amides is 2. The van der Waals surface area contributed by atoms with Gasteiger partial charge in [0.1, 0.15) is 0 Å². The maximum absolute atomic E-state index is 12.5. The van der Waals surface area contributed by atoms with E-state index >= 15 is 0 Å². The molecular formula is C26H28N2O6. The Morgan fingerprint density at radius 2 is 0.912 bits per heavy atom. The van der Waals surface area contributed by atoms with Gasteiger partial charge in [-0.25, -0.2) is 0 Å². The fourth-order valence-electron chi connectivity index (χ4n) is 3.04. The molecule has 8 heteroatoms. The van der Waals surface area contributed by atoms with Crippen LogP contribution in [-0.2, 0) is 9.59 Å². The minimum absolute atomic E-state index is 0.318. The van der Waals surface area contributed by atoms with Gasteiger partial charge < -0.3 is 29.6 Å². The highest BCUT2D eigenvalue weighted by molar-refractivity contribution is 5.96. The molecule has 0 saturated carbocycles. The Kier molecular flexibility index (Phi) is 8.34. The van der Waals surface area contributed by atoms with Crippen LogP contribution in [0, 0.1) is 0 Å². The molecule has 0 fully saturated rings. The van der Waals surface area contributed by atoms with Crippen LogP contribution in [0.4, 0.5) is 11.4 Å². The largest absolute Gasteiger partial charge is 0.493 e. The number of rotatable bonds is 10. The molecule has 2 amide bonds. The van der Waals surface area contributed by atoms with Crippen molar-refractivity contribution in [3.05, 3.63) is 72.8 Å². The van der Waals surface area contributed by atoms with Gasteiger partial charge in [-0.1, -0.05) is 24.3 Å². The summed E-state index contributed by atoms with van der Waals surface area (Å²) >= 11 is 0. The Bertz CT molecular complexity index is 1030. The van der Waals surface area contributed by atoms with Crippen LogP contribution in [0.5, 0.6) is 23.0 Å². The van der Waals surface area contributed by atoms with Crippen LogP contribution in [0.1, 0.15) is 13.8 Å². The summed E-state index contributed by atoms with van der Waals surface area (Å²) in [6, 6.07) is 21.0. The lowest BCUT2D eigenvalue weighted by molar-refractivity contribution is -0.122. The van der Waals surface area contributed by atoms with E-state index in [9.17, 15) is 9.59 Å². The third-order valence-electron chi connectivity index (χ3n) is 4.90. The number of ether oxygens (including phenoxy) is 4. The summed E-state index contributed by atoms with van der Waals surface area (Å²) < 4.78 is 21.9. The van der Waals surface area contributed by atoms with Gasteiger partial charge in [0, 0.05) is 11.4 Å². The van der Waals surface area contributed by atoms with Crippen molar-refractivity contribution in [2.24, 2.45) is 0 Å². The fourth-order valence-corrected chi connectivity index (χ4v) is 3.04. The normalized spacial score (nSPS) is 12.1. The molecule has 0 spiro atoms. The number of hydrogen-bond donors (Lipinski definition) is 2. The number of carbonyl (C=O) groups excluding carboxylic acids is 2. The van der Waals surface area contributed by atoms with E-state index < -0.39 is 12.2 Å². The van der Waals surface area contributed by atoms with E-state index in [2.05, 4.69) is 10.6 Å². The molecule has 0 aliphatic rings. The van der Waals surface area contributed by atoms with Gasteiger partial charge in [-0.15, -0.1) is 0 Å². The zero-order valence-corrected chi connectivity index (χ0v) is 19.5. The Labute approximate surface area is 198 Å². The highest BCUT2D eigenvalue weighted by atomic mass is 16.5. The second kappa shape index (κ2) is 11.6. The molecule has 3 rings (SSSR count). The molecule has 0 aliphatic carbocycles. The molecule has 0 aromatic heterocycles. The van der Waals surface area contributed by atoms with E-state index in [1.54, 1.807) is 88.7 Å². The van der Waals surface area contributed by atoms with E-state index in [0.29, 0.717) is 34.4 Å². The Balaban J connectivity index is 1.54. The smallest absolute Gasteiger partial charge is 0.265 e. The fraction of sp³-hybridized carbons (Fsp3) is 0.231. The van der Waals surface area contributed by atoms with Crippen molar-refractivity contribution in [2.45, 2.75) is 26.1 Å². The van der Waals surface area contributed by atoms with Gasteiger partial charge in [0.25, 0.3) is 11.8 Å². The highest BCUT2D eigenvalue weighted by Gasteiger charge is 2.18. The predicted molar refractivity (Wildman–Crippen MR) is 130 cm³/mol. The summed E-state index contributed by atoms with van der Waals surface area (Å²) in [7, 11) is 3.08. The van der Waals surface area contributed by atoms with Crippen molar-refractivity contribution in [3.63, 3.8) is 0 Å². The molecule has 0 radical (unpaired) electrons. The number of nitrogens with one attached hydrogen (secondary N) is 2. The Morgan fingerprint density at radius 3 is 1.24 bits per heavy atom. The van der Waals surface area contributed by atoms with Crippen molar-refractivity contribution in [3.8, 4) is 23.0 Å². The maximum Gasteiger partial charge on any atom is 0.265 e. The lowest BCUT2D eigenvalue weighted by Crippen LogP contribution is -2.30. The second-order valence-corrected chi connectivity index (χ2v) is 7.38. The van der Waals surface area contributed by atoms with Crippen molar-refractivity contribution >= 4 is 23.2 Å². The summed E-state index contributed by atoms with van der Waals surface area (Å²) in [4.78, 5) is 25.0. The van der Waals surface area contributed by atoms with Crippen molar-refractivity contribution < 1.29 is 28.5 Å². The monoisotopic (exact) mass is 464 g/mol. The average molecular weight is 465 g/mol. The van der Waals surface area contributed by atoms with Crippen LogP contribution in [0.25, 0.3) is 0 Å².